The van der Waals surface area contributed by atoms with E-state index >= 15 is 0 Å². The molecule has 3 saturated carbocycles. The van der Waals surface area contributed by atoms with Crippen LogP contribution in [-0.2, 0) is 0 Å². The van der Waals surface area contributed by atoms with E-state index < -0.39 is 5.60 Å². The second-order valence-corrected chi connectivity index (χ2v) is 11.1. The van der Waals surface area contributed by atoms with Crippen molar-refractivity contribution in [1.29, 1.82) is 0 Å². The molecule has 2 heteroatoms. The van der Waals surface area contributed by atoms with E-state index in [0.717, 1.165) is 19.3 Å². The van der Waals surface area contributed by atoms with E-state index in [2.05, 4.69) is 52.5 Å². The van der Waals surface area contributed by atoms with Crippen molar-refractivity contribution in [2.45, 2.75) is 97.7 Å². The Kier molecular flexibility index (Phi) is 7.19. The molecule has 0 aromatic heterocycles. The Morgan fingerprint density at radius 1 is 1.13 bits per heavy atom. The minimum atomic E-state index is -0.732. The third-order valence-electron chi connectivity index (χ3n) is 8.77. The lowest BCUT2D eigenvalue weighted by Gasteiger charge is -2.44. The number of aliphatic hydroxyl groups excluding tert-OH is 1. The molecule has 0 aliphatic heterocycles. The predicted molar refractivity (Wildman–Crippen MR) is 127 cm³/mol. The fourth-order valence-corrected chi connectivity index (χ4v) is 6.21. The molecule has 0 heterocycles. The lowest BCUT2D eigenvalue weighted by molar-refractivity contribution is 0.0607. The van der Waals surface area contributed by atoms with Gasteiger partial charge in [-0.15, -0.1) is 0 Å². The van der Waals surface area contributed by atoms with E-state index in [0.29, 0.717) is 23.2 Å². The molecule has 0 aromatic carbocycles. The minimum Gasteiger partial charge on any atom is -0.393 e. The summed E-state index contributed by atoms with van der Waals surface area (Å²) < 4.78 is 0. The highest BCUT2D eigenvalue weighted by molar-refractivity contribution is 5.36. The van der Waals surface area contributed by atoms with Crippen molar-refractivity contribution in [3.8, 4) is 0 Å². The van der Waals surface area contributed by atoms with Crippen LogP contribution in [0.25, 0.3) is 0 Å². The van der Waals surface area contributed by atoms with E-state index in [4.69, 9.17) is 0 Å². The van der Waals surface area contributed by atoms with Gasteiger partial charge in [0.1, 0.15) is 0 Å². The topological polar surface area (TPSA) is 40.5 Å². The van der Waals surface area contributed by atoms with Crippen LogP contribution in [0.5, 0.6) is 0 Å². The first-order valence-corrected chi connectivity index (χ1v) is 12.2. The fourth-order valence-electron chi connectivity index (χ4n) is 6.21. The summed E-state index contributed by atoms with van der Waals surface area (Å²) >= 11 is 0. The molecule has 0 bridgehead atoms. The van der Waals surface area contributed by atoms with Gasteiger partial charge in [0.15, 0.2) is 0 Å². The molecular formula is C28H44O2. The van der Waals surface area contributed by atoms with Gasteiger partial charge in [-0.3, -0.25) is 0 Å². The molecule has 2 nitrogen and oxygen atoms in total. The standard InChI is InChI=1S/C28H44O2/c1-19(2)28(6,30)17-15-21(4)25-13-14-26-22(8-7-16-27(25,26)5)10-11-23-18-24(29)12-9-20(23)3/h10-11,15,17,19,21,24-26,29-30H,3,7-9,12-14,16,18H2,1-2,4-6H3/b17-15+,22-10-,23-11+/t21?,24-,25+,26?,27?,28+/m0/s1. The quantitative estimate of drug-likeness (QED) is 0.490. The van der Waals surface area contributed by atoms with Crippen LogP contribution < -0.4 is 0 Å². The maximum absolute atomic E-state index is 10.6. The van der Waals surface area contributed by atoms with Crippen molar-refractivity contribution in [1.82, 2.24) is 0 Å². The Bertz CT molecular complexity index is 723. The minimum absolute atomic E-state index is 0.205. The second kappa shape index (κ2) is 9.17. The molecule has 3 rings (SSSR count). The molecular weight excluding hydrogens is 368 g/mol. The summed E-state index contributed by atoms with van der Waals surface area (Å²) in [6.07, 6.45) is 17.6. The average molecular weight is 413 g/mol. The van der Waals surface area contributed by atoms with E-state index in [1.807, 2.05) is 13.0 Å². The molecule has 3 unspecified atom stereocenters. The summed E-state index contributed by atoms with van der Waals surface area (Å²) in [6.45, 7) is 15.2. The first kappa shape index (κ1) is 23.5. The van der Waals surface area contributed by atoms with Gasteiger partial charge in [-0.25, -0.2) is 0 Å². The van der Waals surface area contributed by atoms with Gasteiger partial charge >= 0.3 is 0 Å². The van der Waals surface area contributed by atoms with Crippen LogP contribution >= 0.6 is 0 Å². The monoisotopic (exact) mass is 412 g/mol. The van der Waals surface area contributed by atoms with Crippen LogP contribution in [0.15, 0.2) is 47.6 Å². The first-order chi connectivity index (χ1) is 14.0. The van der Waals surface area contributed by atoms with Crippen molar-refractivity contribution in [3.63, 3.8) is 0 Å². The summed E-state index contributed by atoms with van der Waals surface area (Å²) in [4.78, 5) is 0. The van der Waals surface area contributed by atoms with Crippen LogP contribution in [0.1, 0.15) is 86.0 Å². The van der Waals surface area contributed by atoms with Gasteiger partial charge in [-0.1, -0.05) is 69.7 Å². The van der Waals surface area contributed by atoms with Gasteiger partial charge in [-0.2, -0.15) is 0 Å². The number of aliphatic hydroxyl groups is 2. The molecule has 3 fully saturated rings. The summed E-state index contributed by atoms with van der Waals surface area (Å²) in [5, 5.41) is 20.7. The van der Waals surface area contributed by atoms with Crippen LogP contribution in [0.2, 0.25) is 0 Å². The Balaban J connectivity index is 1.76. The number of allylic oxidation sites excluding steroid dienone is 5. The molecule has 3 aliphatic carbocycles. The van der Waals surface area contributed by atoms with Crippen molar-refractivity contribution in [2.24, 2.45) is 29.1 Å². The van der Waals surface area contributed by atoms with Gasteiger partial charge in [0.25, 0.3) is 0 Å². The van der Waals surface area contributed by atoms with E-state index in [1.165, 1.54) is 43.3 Å². The third kappa shape index (κ3) is 4.86. The molecule has 6 atom stereocenters. The van der Waals surface area contributed by atoms with Gasteiger partial charge in [0.05, 0.1) is 11.7 Å². The van der Waals surface area contributed by atoms with Crippen LogP contribution in [0.3, 0.4) is 0 Å². The maximum atomic E-state index is 10.6. The zero-order chi connectivity index (χ0) is 22.1. The Labute approximate surface area is 184 Å². The smallest absolute Gasteiger partial charge is 0.0822 e. The molecule has 2 N–H and O–H groups in total. The van der Waals surface area contributed by atoms with Gasteiger partial charge < -0.3 is 10.2 Å². The normalized spacial score (nSPS) is 38.4. The van der Waals surface area contributed by atoms with Gasteiger partial charge in [-0.05, 0) is 93.0 Å². The van der Waals surface area contributed by atoms with E-state index in [9.17, 15) is 10.2 Å². The highest BCUT2D eigenvalue weighted by atomic mass is 16.3. The lowest BCUT2D eigenvalue weighted by Crippen LogP contribution is -2.36. The summed E-state index contributed by atoms with van der Waals surface area (Å²) in [5.41, 5.74) is 3.67. The highest BCUT2D eigenvalue weighted by Gasteiger charge is 2.50. The Morgan fingerprint density at radius 2 is 1.87 bits per heavy atom. The zero-order valence-electron chi connectivity index (χ0n) is 20.0. The van der Waals surface area contributed by atoms with Crippen LogP contribution in [0.4, 0.5) is 0 Å². The van der Waals surface area contributed by atoms with Crippen molar-refractivity contribution < 1.29 is 10.2 Å². The van der Waals surface area contributed by atoms with Crippen molar-refractivity contribution in [2.75, 3.05) is 0 Å². The molecule has 0 aromatic rings. The van der Waals surface area contributed by atoms with Crippen LogP contribution in [-0.4, -0.2) is 21.9 Å². The largest absolute Gasteiger partial charge is 0.393 e. The second-order valence-electron chi connectivity index (χ2n) is 11.1. The molecule has 0 spiro atoms. The molecule has 30 heavy (non-hydrogen) atoms. The molecule has 168 valence electrons. The molecule has 0 saturated heterocycles. The van der Waals surface area contributed by atoms with Crippen molar-refractivity contribution >= 4 is 0 Å². The lowest BCUT2D eigenvalue weighted by atomic mass is 9.61. The van der Waals surface area contributed by atoms with E-state index in [1.54, 1.807) is 5.57 Å². The van der Waals surface area contributed by atoms with Crippen LogP contribution in [0, 0.1) is 29.1 Å². The van der Waals surface area contributed by atoms with Gasteiger partial charge in [0, 0.05) is 0 Å². The van der Waals surface area contributed by atoms with Crippen molar-refractivity contribution in [3.05, 3.63) is 47.6 Å². The first-order valence-electron chi connectivity index (χ1n) is 12.2. The molecule has 0 radical (unpaired) electrons. The number of fused-ring (bicyclic) bond motifs is 1. The maximum Gasteiger partial charge on any atom is 0.0822 e. The summed E-state index contributed by atoms with van der Waals surface area (Å²) in [6, 6.07) is 0. The SMILES string of the molecule is C=C1CC[C@H](O)C/C1=C\C=C1\CCCC2(C)C1CC[C@@H]2C(C)/C=C/[C@@](C)(O)C(C)C. The van der Waals surface area contributed by atoms with E-state index in [-0.39, 0.29) is 12.0 Å². The number of hydrogen-bond acceptors (Lipinski definition) is 2. The molecule has 0 amide bonds. The number of hydrogen-bond donors (Lipinski definition) is 2. The summed E-state index contributed by atoms with van der Waals surface area (Å²) in [7, 11) is 0. The fraction of sp³-hybridized carbons (Fsp3) is 0.714. The third-order valence-corrected chi connectivity index (χ3v) is 8.77. The van der Waals surface area contributed by atoms with Gasteiger partial charge in [0.2, 0.25) is 0 Å². The summed E-state index contributed by atoms with van der Waals surface area (Å²) in [5.74, 6) is 2.04. The zero-order valence-corrected chi connectivity index (χ0v) is 20.0. The average Bonchev–Trinajstić information content (AvgIpc) is 3.04. The highest BCUT2D eigenvalue weighted by Crippen LogP contribution is 2.59. The Morgan fingerprint density at radius 3 is 2.57 bits per heavy atom. The number of rotatable bonds is 5. The molecule has 3 aliphatic rings. The Hall–Kier alpha value is -1.12. The predicted octanol–water partition coefficient (Wildman–Crippen LogP) is 6.76.